The Morgan fingerprint density at radius 2 is 2.40 bits per heavy atom. The largest absolute Gasteiger partial charge is 0.359 e. The van der Waals surface area contributed by atoms with E-state index in [1.54, 1.807) is 6.07 Å². The number of nitrogens with zero attached hydrogens (tertiary/aromatic N) is 2. The molecule has 0 N–H and O–H groups in total. The number of hydrogen-bond donors (Lipinski definition) is 0. The van der Waals surface area contributed by atoms with Crippen molar-refractivity contribution < 1.29 is 9.32 Å². The first-order valence-electron chi connectivity index (χ1n) is 5.36. The lowest BCUT2D eigenvalue weighted by atomic mass is 10.0. The predicted octanol–water partition coefficient (Wildman–Crippen LogP) is 2.03. The second-order valence-corrected chi connectivity index (χ2v) is 4.16. The topological polar surface area (TPSA) is 46.3 Å². The average molecular weight is 208 g/mol. The smallest absolute Gasteiger partial charge is 0.181 e. The van der Waals surface area contributed by atoms with Gasteiger partial charge in [-0.2, -0.15) is 0 Å². The minimum Gasteiger partial charge on any atom is -0.359 e. The van der Waals surface area contributed by atoms with Gasteiger partial charge in [0, 0.05) is 13.0 Å². The highest BCUT2D eigenvalue weighted by molar-refractivity contribution is 5.91. The molecule has 2 rings (SSSR count). The zero-order valence-corrected chi connectivity index (χ0v) is 9.19. The molecule has 4 nitrogen and oxygen atoms in total. The van der Waals surface area contributed by atoms with Gasteiger partial charge >= 0.3 is 0 Å². The lowest BCUT2D eigenvalue weighted by molar-refractivity contribution is 0.100. The maximum atomic E-state index is 11.1. The fourth-order valence-corrected chi connectivity index (χ4v) is 2.05. The summed E-state index contributed by atoms with van der Waals surface area (Å²) in [5.74, 6) is 0.783. The van der Waals surface area contributed by atoms with Crippen LogP contribution < -0.4 is 0 Å². The first-order valence-corrected chi connectivity index (χ1v) is 5.36. The molecule has 0 aliphatic carbocycles. The molecule has 0 saturated carbocycles. The number of ketones is 1. The van der Waals surface area contributed by atoms with Crippen molar-refractivity contribution in [1.29, 1.82) is 0 Å². The summed E-state index contributed by atoms with van der Waals surface area (Å²) < 4.78 is 5.22. The Morgan fingerprint density at radius 3 is 3.00 bits per heavy atom. The molecule has 4 heteroatoms. The molecule has 0 radical (unpaired) electrons. The van der Waals surface area contributed by atoms with E-state index in [4.69, 9.17) is 4.52 Å². The monoisotopic (exact) mass is 208 g/mol. The zero-order chi connectivity index (χ0) is 10.8. The van der Waals surface area contributed by atoms with Crippen molar-refractivity contribution >= 4 is 5.78 Å². The Kier molecular flexibility index (Phi) is 2.86. The molecule has 1 aliphatic heterocycles. The van der Waals surface area contributed by atoms with E-state index in [0.29, 0.717) is 11.7 Å². The summed E-state index contributed by atoms with van der Waals surface area (Å²) in [7, 11) is 2.08. The molecule has 1 saturated heterocycles. The van der Waals surface area contributed by atoms with Crippen molar-refractivity contribution in [3.8, 4) is 0 Å². The third-order valence-electron chi connectivity index (χ3n) is 2.99. The molecule has 1 aliphatic rings. The van der Waals surface area contributed by atoms with E-state index < -0.39 is 0 Å². The van der Waals surface area contributed by atoms with Crippen molar-refractivity contribution in [2.24, 2.45) is 0 Å². The number of rotatable bonds is 2. The Balaban J connectivity index is 2.17. The molecular formula is C11H16N2O2. The maximum Gasteiger partial charge on any atom is 0.181 e. The minimum absolute atomic E-state index is 0.0385. The highest BCUT2D eigenvalue weighted by Gasteiger charge is 2.24. The molecule has 1 unspecified atom stereocenters. The van der Waals surface area contributed by atoms with Crippen LogP contribution in [0, 0.1) is 0 Å². The number of carbonyl (C=O) groups excluding carboxylic acids is 1. The van der Waals surface area contributed by atoms with Gasteiger partial charge in [0.2, 0.25) is 0 Å². The van der Waals surface area contributed by atoms with Crippen molar-refractivity contribution in [1.82, 2.24) is 10.1 Å². The van der Waals surface area contributed by atoms with Crippen LogP contribution in [0.5, 0.6) is 0 Å². The molecule has 15 heavy (non-hydrogen) atoms. The Labute approximate surface area is 89.2 Å². The van der Waals surface area contributed by atoms with Crippen molar-refractivity contribution in [3.63, 3.8) is 0 Å². The van der Waals surface area contributed by atoms with Crippen molar-refractivity contribution in [2.45, 2.75) is 32.2 Å². The van der Waals surface area contributed by atoms with E-state index in [0.717, 1.165) is 18.7 Å². The van der Waals surface area contributed by atoms with Crippen LogP contribution in [0.1, 0.15) is 48.5 Å². The second-order valence-electron chi connectivity index (χ2n) is 4.16. The van der Waals surface area contributed by atoms with Gasteiger partial charge in [-0.05, 0) is 26.4 Å². The van der Waals surface area contributed by atoms with Gasteiger partial charge in [-0.3, -0.25) is 9.69 Å². The van der Waals surface area contributed by atoms with Crippen LogP contribution >= 0.6 is 0 Å². The molecule has 0 amide bonds. The lowest BCUT2D eigenvalue weighted by Gasteiger charge is -2.30. The van der Waals surface area contributed by atoms with Crippen LogP contribution in [-0.2, 0) is 0 Å². The number of likely N-dealkylation sites (tertiary alicyclic amines) is 1. The van der Waals surface area contributed by atoms with Gasteiger partial charge in [0.1, 0.15) is 5.69 Å². The summed E-state index contributed by atoms with van der Waals surface area (Å²) in [6.07, 6.45) is 3.54. The summed E-state index contributed by atoms with van der Waals surface area (Å²) in [6, 6.07) is 2.06. The summed E-state index contributed by atoms with van der Waals surface area (Å²) in [5.41, 5.74) is 0.434. The normalized spacial score (nSPS) is 22.9. The number of aromatic nitrogens is 1. The van der Waals surface area contributed by atoms with E-state index in [1.165, 1.54) is 19.8 Å². The third-order valence-corrected chi connectivity index (χ3v) is 2.99. The molecule has 82 valence electrons. The third kappa shape index (κ3) is 2.09. The van der Waals surface area contributed by atoms with Gasteiger partial charge < -0.3 is 4.52 Å². The summed E-state index contributed by atoms with van der Waals surface area (Å²) in [6.45, 7) is 2.59. The first kappa shape index (κ1) is 10.4. The first-order chi connectivity index (χ1) is 7.18. The van der Waals surface area contributed by atoms with Crippen LogP contribution in [0.4, 0.5) is 0 Å². The van der Waals surface area contributed by atoms with Gasteiger partial charge in [-0.1, -0.05) is 11.6 Å². The van der Waals surface area contributed by atoms with Gasteiger partial charge in [-0.15, -0.1) is 0 Å². The average Bonchev–Trinajstić information content (AvgIpc) is 2.67. The fraction of sp³-hybridized carbons (Fsp3) is 0.636. The van der Waals surface area contributed by atoms with Crippen LogP contribution in [0.3, 0.4) is 0 Å². The number of hydrogen-bond acceptors (Lipinski definition) is 4. The Hall–Kier alpha value is -1.16. The number of piperidine rings is 1. The summed E-state index contributed by atoms with van der Waals surface area (Å²) in [4.78, 5) is 13.3. The van der Waals surface area contributed by atoms with Gasteiger partial charge in [0.15, 0.2) is 11.5 Å². The molecular weight excluding hydrogens is 192 g/mol. The molecule has 0 bridgehead atoms. The Bertz CT molecular complexity index is 359. The second kappa shape index (κ2) is 4.14. The van der Waals surface area contributed by atoms with E-state index >= 15 is 0 Å². The fourth-order valence-electron chi connectivity index (χ4n) is 2.05. The summed E-state index contributed by atoms with van der Waals surface area (Å²) >= 11 is 0. The van der Waals surface area contributed by atoms with E-state index in [-0.39, 0.29) is 5.78 Å². The summed E-state index contributed by atoms with van der Waals surface area (Å²) in [5, 5.41) is 3.77. The van der Waals surface area contributed by atoms with Crippen molar-refractivity contribution in [3.05, 3.63) is 17.5 Å². The van der Waals surface area contributed by atoms with Crippen LogP contribution in [0.2, 0.25) is 0 Å². The highest BCUT2D eigenvalue weighted by atomic mass is 16.5. The number of carbonyl (C=O) groups is 1. The zero-order valence-electron chi connectivity index (χ0n) is 9.19. The van der Waals surface area contributed by atoms with Crippen molar-refractivity contribution in [2.75, 3.05) is 13.6 Å². The molecule has 0 aromatic carbocycles. The SMILES string of the molecule is CC(=O)c1cc(C2CCCCN2C)on1. The molecule has 2 heterocycles. The van der Waals surface area contributed by atoms with Gasteiger partial charge in [0.05, 0.1) is 6.04 Å². The van der Waals surface area contributed by atoms with Crippen LogP contribution in [0.25, 0.3) is 0 Å². The highest BCUT2D eigenvalue weighted by Crippen LogP contribution is 2.29. The lowest BCUT2D eigenvalue weighted by Crippen LogP contribution is -2.29. The van der Waals surface area contributed by atoms with Crippen LogP contribution in [-0.4, -0.2) is 29.4 Å². The maximum absolute atomic E-state index is 11.1. The minimum atomic E-state index is -0.0385. The predicted molar refractivity (Wildman–Crippen MR) is 55.7 cm³/mol. The Morgan fingerprint density at radius 1 is 1.60 bits per heavy atom. The number of Topliss-reactive ketones (excluding diaryl/α,β-unsaturated/α-hetero) is 1. The van der Waals surface area contributed by atoms with Crippen LogP contribution in [0.15, 0.2) is 10.6 Å². The van der Waals surface area contributed by atoms with Gasteiger partial charge in [0.25, 0.3) is 0 Å². The molecule has 0 spiro atoms. The van der Waals surface area contributed by atoms with E-state index in [9.17, 15) is 4.79 Å². The molecule has 1 fully saturated rings. The van der Waals surface area contributed by atoms with E-state index in [2.05, 4.69) is 17.1 Å². The quantitative estimate of drug-likeness (QED) is 0.698. The standard InChI is InChI=1S/C11H16N2O2/c1-8(14)9-7-11(15-12-9)10-5-3-4-6-13(10)2/h7,10H,3-6H2,1-2H3. The molecule has 1 aromatic heterocycles. The van der Waals surface area contributed by atoms with E-state index in [1.807, 2.05) is 0 Å². The molecule has 1 atom stereocenters. The van der Waals surface area contributed by atoms with Gasteiger partial charge in [-0.25, -0.2) is 0 Å². The molecule has 1 aromatic rings.